The lowest BCUT2D eigenvalue weighted by atomic mass is 10.2. The zero-order valence-electron chi connectivity index (χ0n) is 8.47. The quantitative estimate of drug-likeness (QED) is 0.591. The lowest BCUT2D eigenvalue weighted by Gasteiger charge is -2.10. The number of carbonyl (C=O) groups excluding carboxylic acids is 2. The maximum atomic E-state index is 11.6. The molecule has 1 aromatic rings. The highest BCUT2D eigenvalue weighted by molar-refractivity contribution is 6.37. The molecule has 0 bridgehead atoms. The number of rotatable bonds is 2. The third-order valence-electron chi connectivity index (χ3n) is 2.09. The molecule has 0 aliphatic carbocycles. The summed E-state index contributed by atoms with van der Waals surface area (Å²) < 4.78 is 5.07. The van der Waals surface area contributed by atoms with Crippen LogP contribution in [0.2, 0.25) is 0 Å². The molecule has 5 heteroatoms. The fraction of sp³-hybridized carbons (Fsp3) is 0.182. The number of hydrazone groups is 1. The molecule has 0 atom stereocenters. The summed E-state index contributed by atoms with van der Waals surface area (Å²) in [5, 5.41) is 3.65. The smallest absolute Gasteiger partial charge is 0.359 e. The third-order valence-corrected chi connectivity index (χ3v) is 2.09. The van der Waals surface area contributed by atoms with Crippen LogP contribution in [-0.4, -0.2) is 17.6 Å². The molecule has 0 spiro atoms. The number of nitrogens with one attached hydrogen (secondary N) is 1. The van der Waals surface area contributed by atoms with Gasteiger partial charge in [0.05, 0.1) is 0 Å². The summed E-state index contributed by atoms with van der Waals surface area (Å²) in [6, 6.07) is 8.73. The molecule has 5 nitrogen and oxygen atoms in total. The van der Waals surface area contributed by atoms with Crippen molar-refractivity contribution in [2.75, 3.05) is 0 Å². The molecule has 0 radical (unpaired) electrons. The van der Waals surface area contributed by atoms with Crippen LogP contribution in [0.25, 0.3) is 0 Å². The molecule has 1 N–H and O–H groups in total. The average molecular weight is 218 g/mol. The van der Waals surface area contributed by atoms with Gasteiger partial charge < -0.3 is 4.74 Å². The van der Waals surface area contributed by atoms with Crippen LogP contribution in [0.15, 0.2) is 35.4 Å². The molecule has 0 aromatic heterocycles. The summed E-state index contributed by atoms with van der Waals surface area (Å²) in [5.41, 5.74) is 2.49. The molecule has 1 aromatic carbocycles. The Morgan fingerprint density at radius 2 is 2.00 bits per heavy atom. The first-order valence-electron chi connectivity index (χ1n) is 4.88. The van der Waals surface area contributed by atoms with Crippen LogP contribution in [0.5, 0.6) is 5.75 Å². The van der Waals surface area contributed by atoms with E-state index in [0.717, 1.165) is 0 Å². The monoisotopic (exact) mass is 218 g/mol. The molecule has 82 valence electrons. The van der Waals surface area contributed by atoms with E-state index in [-0.39, 0.29) is 18.0 Å². The van der Waals surface area contributed by atoms with E-state index in [1.165, 1.54) is 0 Å². The van der Waals surface area contributed by atoms with Gasteiger partial charge in [-0.25, -0.2) is 10.2 Å². The summed E-state index contributed by atoms with van der Waals surface area (Å²) in [5.74, 6) is -0.241. The van der Waals surface area contributed by atoms with Crippen LogP contribution in [0.4, 0.5) is 0 Å². The second-order valence-electron chi connectivity index (χ2n) is 3.30. The molecule has 1 heterocycles. The number of hydrogen-bond donors (Lipinski definition) is 1. The summed E-state index contributed by atoms with van der Waals surface area (Å²) in [6.45, 7) is 0. The van der Waals surface area contributed by atoms with E-state index < -0.39 is 5.97 Å². The van der Waals surface area contributed by atoms with Gasteiger partial charge in [0, 0.05) is 12.8 Å². The van der Waals surface area contributed by atoms with Gasteiger partial charge in [0.1, 0.15) is 11.5 Å². The van der Waals surface area contributed by atoms with Crippen LogP contribution in [0.3, 0.4) is 0 Å². The van der Waals surface area contributed by atoms with Gasteiger partial charge in [-0.1, -0.05) is 18.2 Å². The molecular formula is C11H10N2O3. The van der Waals surface area contributed by atoms with Crippen molar-refractivity contribution < 1.29 is 14.3 Å². The van der Waals surface area contributed by atoms with Crippen molar-refractivity contribution >= 4 is 17.6 Å². The van der Waals surface area contributed by atoms with E-state index in [1.807, 2.05) is 6.07 Å². The van der Waals surface area contributed by atoms with Gasteiger partial charge in [-0.3, -0.25) is 4.79 Å². The highest BCUT2D eigenvalue weighted by Crippen LogP contribution is 2.10. The number of amides is 1. The normalized spacial score (nSPS) is 15.0. The maximum absolute atomic E-state index is 11.6. The van der Waals surface area contributed by atoms with Crippen LogP contribution in [-0.2, 0) is 9.59 Å². The second-order valence-corrected chi connectivity index (χ2v) is 3.30. The lowest BCUT2D eigenvalue weighted by Crippen LogP contribution is -2.31. The Balaban J connectivity index is 2.01. The predicted octanol–water partition coefficient (Wildman–Crippen LogP) is 0.858. The molecule has 1 amide bonds. The highest BCUT2D eigenvalue weighted by atomic mass is 16.5. The Hall–Kier alpha value is -2.17. The minimum atomic E-state index is -0.522. The fourth-order valence-electron chi connectivity index (χ4n) is 1.28. The van der Waals surface area contributed by atoms with Gasteiger partial charge in [-0.2, -0.15) is 5.10 Å². The first kappa shape index (κ1) is 10.4. The molecular weight excluding hydrogens is 208 g/mol. The summed E-state index contributed by atoms with van der Waals surface area (Å²) in [4.78, 5) is 22.4. The van der Waals surface area contributed by atoms with Gasteiger partial charge in [0.25, 0.3) is 0 Å². The first-order chi connectivity index (χ1) is 7.75. The number of ether oxygens (including phenoxy) is 1. The fourth-order valence-corrected chi connectivity index (χ4v) is 1.28. The number of para-hydroxylation sites is 1. The largest absolute Gasteiger partial charge is 0.422 e. The van der Waals surface area contributed by atoms with Gasteiger partial charge in [0.2, 0.25) is 5.91 Å². The standard InChI is InChI=1S/C11H10N2O3/c14-10-7-6-9(12-13-10)11(15)16-8-4-2-1-3-5-8/h1-5H,6-7H2,(H,13,14). The van der Waals surface area contributed by atoms with Crippen LogP contribution < -0.4 is 10.2 Å². The second kappa shape index (κ2) is 4.57. The number of hydrogen-bond acceptors (Lipinski definition) is 4. The topological polar surface area (TPSA) is 67.8 Å². The predicted molar refractivity (Wildman–Crippen MR) is 56.9 cm³/mol. The molecule has 1 aliphatic rings. The van der Waals surface area contributed by atoms with Crippen molar-refractivity contribution in [1.29, 1.82) is 0 Å². The van der Waals surface area contributed by atoms with Gasteiger partial charge in [0.15, 0.2) is 0 Å². The number of nitrogens with zero attached hydrogens (tertiary/aromatic N) is 1. The summed E-state index contributed by atoms with van der Waals surface area (Å²) in [7, 11) is 0. The van der Waals surface area contributed by atoms with Crippen molar-refractivity contribution in [3.8, 4) is 5.75 Å². The van der Waals surface area contributed by atoms with Gasteiger partial charge >= 0.3 is 5.97 Å². The Bertz CT molecular complexity index is 440. The van der Waals surface area contributed by atoms with E-state index in [2.05, 4.69) is 10.5 Å². The van der Waals surface area contributed by atoms with Crippen molar-refractivity contribution in [2.24, 2.45) is 5.10 Å². The maximum Gasteiger partial charge on any atom is 0.359 e. The van der Waals surface area contributed by atoms with E-state index >= 15 is 0 Å². The molecule has 16 heavy (non-hydrogen) atoms. The molecule has 0 saturated carbocycles. The van der Waals surface area contributed by atoms with E-state index in [0.29, 0.717) is 12.2 Å². The Kier molecular flexibility index (Phi) is 2.95. The Labute approximate surface area is 92.1 Å². The molecule has 0 saturated heterocycles. The minimum absolute atomic E-state index is 0.184. The first-order valence-corrected chi connectivity index (χ1v) is 4.88. The van der Waals surface area contributed by atoms with Crippen LogP contribution >= 0.6 is 0 Å². The highest BCUT2D eigenvalue weighted by Gasteiger charge is 2.19. The van der Waals surface area contributed by atoms with Gasteiger partial charge in [-0.15, -0.1) is 0 Å². The lowest BCUT2D eigenvalue weighted by molar-refractivity contribution is -0.127. The van der Waals surface area contributed by atoms with Crippen LogP contribution in [0, 0.1) is 0 Å². The van der Waals surface area contributed by atoms with Gasteiger partial charge in [-0.05, 0) is 12.1 Å². The molecule has 1 aliphatic heterocycles. The zero-order chi connectivity index (χ0) is 11.4. The SMILES string of the molecule is O=C1CCC(C(=O)Oc2ccccc2)=NN1. The van der Waals surface area contributed by atoms with Crippen molar-refractivity contribution in [3.63, 3.8) is 0 Å². The Morgan fingerprint density at radius 3 is 2.62 bits per heavy atom. The van der Waals surface area contributed by atoms with E-state index in [1.54, 1.807) is 24.3 Å². The Morgan fingerprint density at radius 1 is 1.25 bits per heavy atom. The molecule has 0 fully saturated rings. The van der Waals surface area contributed by atoms with Crippen LogP contribution in [0.1, 0.15) is 12.8 Å². The molecule has 0 unspecified atom stereocenters. The minimum Gasteiger partial charge on any atom is -0.422 e. The van der Waals surface area contributed by atoms with Crippen molar-refractivity contribution in [3.05, 3.63) is 30.3 Å². The number of carbonyl (C=O) groups is 2. The van der Waals surface area contributed by atoms with E-state index in [9.17, 15) is 9.59 Å². The zero-order valence-corrected chi connectivity index (χ0v) is 8.47. The molecule has 2 rings (SSSR count). The number of benzene rings is 1. The van der Waals surface area contributed by atoms with Crippen molar-refractivity contribution in [2.45, 2.75) is 12.8 Å². The average Bonchev–Trinajstić information content (AvgIpc) is 2.31. The van der Waals surface area contributed by atoms with Crippen molar-refractivity contribution in [1.82, 2.24) is 5.43 Å². The number of esters is 1. The summed E-state index contributed by atoms with van der Waals surface area (Å²) in [6.07, 6.45) is 0.584. The third kappa shape index (κ3) is 2.44. The summed E-state index contributed by atoms with van der Waals surface area (Å²) >= 11 is 0. The van der Waals surface area contributed by atoms with E-state index in [4.69, 9.17) is 4.74 Å².